The van der Waals surface area contributed by atoms with Gasteiger partial charge in [0.1, 0.15) is 0 Å². The number of hydrogen-bond acceptors (Lipinski definition) is 4. The van der Waals surface area contributed by atoms with E-state index in [9.17, 15) is 0 Å². The van der Waals surface area contributed by atoms with Crippen LogP contribution < -0.4 is 0 Å². The van der Waals surface area contributed by atoms with Crippen molar-refractivity contribution in [2.45, 2.75) is 0 Å². The molecule has 0 spiro atoms. The first-order valence-electron chi connectivity index (χ1n) is 11.8. The second-order valence-corrected chi connectivity index (χ2v) is 9.46. The van der Waals surface area contributed by atoms with Crippen LogP contribution in [0, 0.1) is 0 Å². The summed E-state index contributed by atoms with van der Waals surface area (Å²) in [5.41, 5.74) is 3.89. The first-order valence-corrected chi connectivity index (χ1v) is 13.3. The molecule has 0 fully saturated rings. The second-order valence-electron chi connectivity index (χ2n) is 7.72. The number of benzene rings is 4. The van der Waals surface area contributed by atoms with Gasteiger partial charge in [0.15, 0.2) is 25.0 Å². The van der Waals surface area contributed by atoms with Crippen molar-refractivity contribution in [1.82, 2.24) is 0 Å². The largest absolute Gasteiger partial charge is 0.764 e. The highest BCUT2D eigenvalue weighted by atomic mass is 31.2. The van der Waals surface area contributed by atoms with Crippen molar-refractivity contribution < 1.29 is 18.1 Å². The molecule has 184 valence electrons. The van der Waals surface area contributed by atoms with Crippen LogP contribution in [-0.2, 0) is 18.1 Å². The summed E-state index contributed by atoms with van der Waals surface area (Å²) in [6, 6.07) is 39.3. The fraction of sp³-hybridized carbons (Fsp3) is 0. The molecule has 4 rings (SSSR count). The third-order valence-electron chi connectivity index (χ3n) is 5.00. The molecule has 0 saturated carbocycles. The number of rotatable bonds is 12. The molecule has 37 heavy (non-hydrogen) atoms. The van der Waals surface area contributed by atoms with E-state index in [0.29, 0.717) is 0 Å². The number of hydrogen-bond donors (Lipinski definition) is 0. The van der Waals surface area contributed by atoms with E-state index in [2.05, 4.69) is 0 Å². The summed E-state index contributed by atoms with van der Waals surface area (Å²) in [4.78, 5) is 0. The maximum atomic E-state index is 6.06. The molecule has 0 heterocycles. The van der Waals surface area contributed by atoms with Crippen molar-refractivity contribution in [3.63, 3.8) is 0 Å². The monoisotopic (exact) mass is 507 g/mol. The fourth-order valence-corrected chi connectivity index (χ4v) is 4.28. The van der Waals surface area contributed by atoms with Crippen LogP contribution >= 0.6 is 8.17 Å². The fourth-order valence-electron chi connectivity index (χ4n) is 3.14. The Balaban J connectivity index is 1.59. The highest BCUT2D eigenvalue weighted by Crippen LogP contribution is 2.64. The summed E-state index contributed by atoms with van der Waals surface area (Å²) >= 11 is 0. The van der Waals surface area contributed by atoms with Crippen molar-refractivity contribution in [2.24, 2.45) is 0 Å². The SMILES string of the molecule is C(=Cc1ccccc1)O[P+](OC=Cc1ccccc1)(OC=Cc1ccccc1)OC=Cc1ccccc1. The third-order valence-corrected chi connectivity index (χ3v) is 6.52. The summed E-state index contributed by atoms with van der Waals surface area (Å²) in [5, 5.41) is 0. The maximum Gasteiger partial charge on any atom is 0.764 e. The van der Waals surface area contributed by atoms with Crippen molar-refractivity contribution >= 4 is 32.5 Å². The molecule has 0 aliphatic carbocycles. The minimum atomic E-state index is -3.39. The molecule has 0 saturated heterocycles. The van der Waals surface area contributed by atoms with Gasteiger partial charge in [0.05, 0.1) is 0 Å². The van der Waals surface area contributed by atoms with Crippen molar-refractivity contribution in [3.05, 3.63) is 169 Å². The van der Waals surface area contributed by atoms with Crippen LogP contribution in [-0.4, -0.2) is 0 Å². The normalized spacial score (nSPS) is 13.2. The van der Waals surface area contributed by atoms with Gasteiger partial charge in [0.25, 0.3) is 0 Å². The zero-order valence-electron chi connectivity index (χ0n) is 20.2. The first kappa shape index (κ1) is 25.6. The van der Waals surface area contributed by atoms with Crippen molar-refractivity contribution in [3.8, 4) is 0 Å². The molecular weight excluding hydrogens is 479 g/mol. The van der Waals surface area contributed by atoms with Gasteiger partial charge in [-0.3, -0.25) is 0 Å². The van der Waals surface area contributed by atoms with E-state index in [1.165, 1.54) is 25.0 Å². The molecule has 0 unspecified atom stereocenters. The highest BCUT2D eigenvalue weighted by Gasteiger charge is 2.52. The van der Waals surface area contributed by atoms with Crippen LogP contribution in [0.1, 0.15) is 22.3 Å². The predicted molar refractivity (Wildman–Crippen MR) is 153 cm³/mol. The van der Waals surface area contributed by atoms with Gasteiger partial charge in [-0.25, -0.2) is 18.1 Å². The average Bonchev–Trinajstić information content (AvgIpc) is 2.95. The van der Waals surface area contributed by atoms with E-state index in [0.717, 1.165) is 22.3 Å². The lowest BCUT2D eigenvalue weighted by atomic mass is 10.2. The third kappa shape index (κ3) is 8.88. The summed E-state index contributed by atoms with van der Waals surface area (Å²) in [5.74, 6) is 0. The molecule has 4 nitrogen and oxygen atoms in total. The van der Waals surface area contributed by atoms with Gasteiger partial charge in [0.2, 0.25) is 0 Å². The Morgan fingerprint density at radius 1 is 0.324 bits per heavy atom. The van der Waals surface area contributed by atoms with E-state index in [4.69, 9.17) is 18.1 Å². The van der Waals surface area contributed by atoms with Gasteiger partial charge < -0.3 is 0 Å². The molecule has 0 radical (unpaired) electrons. The Kier molecular flexibility index (Phi) is 9.76. The van der Waals surface area contributed by atoms with Gasteiger partial charge in [-0.15, -0.1) is 0 Å². The van der Waals surface area contributed by atoms with E-state index >= 15 is 0 Å². The Morgan fingerprint density at radius 2 is 0.541 bits per heavy atom. The molecule has 0 aliphatic heterocycles. The van der Waals surface area contributed by atoms with Crippen LogP contribution in [0.3, 0.4) is 0 Å². The quantitative estimate of drug-likeness (QED) is 0.141. The van der Waals surface area contributed by atoms with Gasteiger partial charge in [0, 0.05) is 0 Å². The summed E-state index contributed by atoms with van der Waals surface area (Å²) in [7, 11) is -3.39. The smallest absolute Gasteiger partial charge is 0.249 e. The highest BCUT2D eigenvalue weighted by molar-refractivity contribution is 7.56. The Morgan fingerprint density at radius 3 is 0.757 bits per heavy atom. The summed E-state index contributed by atoms with van der Waals surface area (Å²) in [6.07, 6.45) is 13.4. The zero-order valence-corrected chi connectivity index (χ0v) is 21.1. The molecule has 4 aromatic rings. The topological polar surface area (TPSA) is 36.9 Å². The maximum absolute atomic E-state index is 6.06. The summed E-state index contributed by atoms with van der Waals surface area (Å²) in [6.45, 7) is 0. The lowest BCUT2D eigenvalue weighted by molar-refractivity contribution is 0.181. The van der Waals surface area contributed by atoms with Crippen LogP contribution in [0.5, 0.6) is 0 Å². The molecule has 0 atom stereocenters. The molecule has 0 bridgehead atoms. The van der Waals surface area contributed by atoms with Crippen LogP contribution in [0.4, 0.5) is 0 Å². The lowest BCUT2D eigenvalue weighted by Crippen LogP contribution is -2.01. The standard InChI is InChI=1S/C32H28O4P/c1-5-13-29(14-6-1)21-25-33-37(34-26-22-30-15-7-2-8-16-30,35-27-23-31-17-9-3-10-18-31)36-28-24-32-19-11-4-12-20-32/h1-28H/q+1. The molecule has 0 aliphatic rings. The van der Waals surface area contributed by atoms with Crippen molar-refractivity contribution in [1.29, 1.82) is 0 Å². The molecule has 0 amide bonds. The zero-order chi connectivity index (χ0) is 25.4. The molecule has 5 heteroatoms. The van der Waals surface area contributed by atoms with Crippen LogP contribution in [0.2, 0.25) is 0 Å². The Hall–Kier alpha value is -4.53. The lowest BCUT2D eigenvalue weighted by Gasteiger charge is -2.14. The van der Waals surface area contributed by atoms with E-state index in [1.54, 1.807) is 0 Å². The second kappa shape index (κ2) is 14.1. The molecule has 4 aromatic carbocycles. The van der Waals surface area contributed by atoms with Crippen LogP contribution in [0.25, 0.3) is 24.3 Å². The molecular formula is C32H28O4P+. The first-order chi connectivity index (χ1) is 18.3. The van der Waals surface area contributed by atoms with Gasteiger partial charge in [-0.05, 0) is 46.6 Å². The molecule has 0 aromatic heterocycles. The van der Waals surface area contributed by atoms with E-state index in [1.807, 2.05) is 146 Å². The predicted octanol–water partition coefficient (Wildman–Crippen LogP) is 9.41. The van der Waals surface area contributed by atoms with Gasteiger partial charge in [-0.2, -0.15) is 0 Å². The molecule has 0 N–H and O–H groups in total. The van der Waals surface area contributed by atoms with E-state index in [-0.39, 0.29) is 0 Å². The average molecular weight is 508 g/mol. The summed E-state index contributed by atoms with van der Waals surface area (Å²) < 4.78 is 24.2. The van der Waals surface area contributed by atoms with Gasteiger partial charge in [-0.1, -0.05) is 121 Å². The Labute approximate surface area is 219 Å². The minimum Gasteiger partial charge on any atom is -0.249 e. The van der Waals surface area contributed by atoms with Gasteiger partial charge >= 0.3 is 8.17 Å². The minimum absolute atomic E-state index is 0.972. The van der Waals surface area contributed by atoms with E-state index < -0.39 is 8.17 Å². The van der Waals surface area contributed by atoms with Crippen molar-refractivity contribution in [2.75, 3.05) is 0 Å². The van der Waals surface area contributed by atoms with Crippen LogP contribution in [0.15, 0.2) is 146 Å². The Bertz CT molecular complexity index is 1090.